The van der Waals surface area contributed by atoms with E-state index in [0.717, 1.165) is 41.7 Å². The zero-order valence-electron chi connectivity index (χ0n) is 20.5. The Morgan fingerprint density at radius 3 is 2.68 bits per heavy atom. The number of anilines is 2. The molecule has 34 heavy (non-hydrogen) atoms. The van der Waals surface area contributed by atoms with Crippen molar-refractivity contribution in [1.29, 1.82) is 0 Å². The maximum Gasteiger partial charge on any atom is 0.276 e. The van der Waals surface area contributed by atoms with Crippen molar-refractivity contribution >= 4 is 34.5 Å². The summed E-state index contributed by atoms with van der Waals surface area (Å²) in [5, 5.41) is 7.21. The topological polar surface area (TPSA) is 94.3 Å². The van der Waals surface area contributed by atoms with Crippen LogP contribution in [0.5, 0.6) is 0 Å². The molecule has 182 valence electrons. The van der Waals surface area contributed by atoms with Crippen LogP contribution in [0.3, 0.4) is 0 Å². The van der Waals surface area contributed by atoms with Crippen molar-refractivity contribution in [2.45, 2.75) is 52.0 Å². The Labute approximate surface area is 200 Å². The second-order valence-corrected chi connectivity index (χ2v) is 9.16. The third-order valence-electron chi connectivity index (χ3n) is 6.62. The van der Waals surface area contributed by atoms with Gasteiger partial charge in [-0.3, -0.25) is 19.6 Å². The van der Waals surface area contributed by atoms with E-state index in [-0.39, 0.29) is 11.8 Å². The summed E-state index contributed by atoms with van der Waals surface area (Å²) in [5.41, 5.74) is 3.67. The maximum absolute atomic E-state index is 12.9. The first-order valence-electron chi connectivity index (χ1n) is 11.9. The molecule has 1 aromatic carbocycles. The van der Waals surface area contributed by atoms with Gasteiger partial charge in [-0.15, -0.1) is 0 Å². The lowest BCUT2D eigenvalue weighted by Crippen LogP contribution is -2.27. The fourth-order valence-electron chi connectivity index (χ4n) is 4.75. The molecule has 0 unspecified atom stereocenters. The number of carbonyl (C=O) groups excluding carboxylic acids is 2. The van der Waals surface area contributed by atoms with Crippen LogP contribution in [0.25, 0.3) is 11.0 Å². The van der Waals surface area contributed by atoms with Crippen LogP contribution in [0.1, 0.15) is 54.7 Å². The molecule has 0 bridgehead atoms. The fourth-order valence-corrected chi connectivity index (χ4v) is 4.75. The van der Waals surface area contributed by atoms with Crippen LogP contribution in [0.4, 0.5) is 11.6 Å². The molecule has 1 aliphatic rings. The molecule has 1 N–H and O–H groups in total. The highest BCUT2D eigenvalue weighted by Gasteiger charge is 2.22. The number of ether oxygens (including phenoxy) is 1. The van der Waals surface area contributed by atoms with E-state index in [2.05, 4.69) is 10.4 Å². The van der Waals surface area contributed by atoms with Crippen molar-refractivity contribution in [2.75, 3.05) is 31.0 Å². The highest BCUT2D eigenvalue weighted by Crippen LogP contribution is 2.30. The Morgan fingerprint density at radius 2 is 2.00 bits per heavy atom. The minimum absolute atomic E-state index is 0.130. The maximum atomic E-state index is 12.9. The van der Waals surface area contributed by atoms with E-state index in [1.54, 1.807) is 29.8 Å². The average Bonchev–Trinajstić information content (AvgIpc) is 3.52. The molecule has 4 rings (SSSR count). The number of hydrogen-bond acceptors (Lipinski definition) is 5. The van der Waals surface area contributed by atoms with Crippen molar-refractivity contribution in [1.82, 2.24) is 19.3 Å². The Morgan fingerprint density at radius 1 is 1.24 bits per heavy atom. The first-order chi connectivity index (χ1) is 16.4. The molecule has 9 heteroatoms. The second-order valence-electron chi connectivity index (χ2n) is 9.16. The average molecular weight is 467 g/mol. The molecule has 0 saturated heterocycles. The number of methoxy groups -OCH3 is 1. The summed E-state index contributed by atoms with van der Waals surface area (Å²) in [5.74, 6) is 0.824. The van der Waals surface area contributed by atoms with Crippen LogP contribution in [-0.4, -0.2) is 51.9 Å². The summed E-state index contributed by atoms with van der Waals surface area (Å²) in [6.45, 7) is 3.09. The Balaban J connectivity index is 1.60. The zero-order valence-corrected chi connectivity index (χ0v) is 20.5. The van der Waals surface area contributed by atoms with Gasteiger partial charge in [-0.1, -0.05) is 12.8 Å². The SMILES string of the molecule is COCCCn1c(NC(=O)c2cc(C)nn2C)nc2cc(N(C)C(=O)CC3CCCC3)ccc21. The van der Waals surface area contributed by atoms with Crippen LogP contribution in [0, 0.1) is 12.8 Å². The number of aromatic nitrogens is 4. The Hall–Kier alpha value is -3.20. The molecule has 0 radical (unpaired) electrons. The molecule has 1 fully saturated rings. The number of rotatable bonds is 9. The number of amides is 2. The highest BCUT2D eigenvalue weighted by molar-refractivity contribution is 6.03. The van der Waals surface area contributed by atoms with E-state index >= 15 is 0 Å². The molecule has 2 heterocycles. The van der Waals surface area contributed by atoms with Crippen LogP contribution < -0.4 is 10.2 Å². The van der Waals surface area contributed by atoms with E-state index in [0.29, 0.717) is 37.1 Å². The standard InChI is InChI=1S/C25H34N6O3/c1-17-14-22(30(3)28-17)24(33)27-25-26-20-16-19(10-11-21(20)31(25)12-7-13-34-4)29(2)23(32)15-18-8-5-6-9-18/h10-11,14,16,18H,5-9,12-13,15H2,1-4H3,(H,26,27,33). The van der Waals surface area contributed by atoms with E-state index in [4.69, 9.17) is 9.72 Å². The monoisotopic (exact) mass is 466 g/mol. The molecule has 2 aromatic heterocycles. The summed E-state index contributed by atoms with van der Waals surface area (Å²) in [4.78, 5) is 32.2. The molecule has 9 nitrogen and oxygen atoms in total. The second kappa shape index (κ2) is 10.4. The summed E-state index contributed by atoms with van der Waals surface area (Å²) in [7, 11) is 5.24. The van der Waals surface area contributed by atoms with Gasteiger partial charge in [0.2, 0.25) is 11.9 Å². The van der Waals surface area contributed by atoms with Crippen LogP contribution in [0.15, 0.2) is 24.3 Å². The number of benzene rings is 1. The largest absolute Gasteiger partial charge is 0.385 e. The number of nitrogens with one attached hydrogen (secondary N) is 1. The number of nitrogens with zero attached hydrogens (tertiary/aromatic N) is 5. The van der Waals surface area contributed by atoms with Crippen LogP contribution in [0.2, 0.25) is 0 Å². The van der Waals surface area contributed by atoms with Gasteiger partial charge in [-0.05, 0) is 56.4 Å². The molecular weight excluding hydrogens is 432 g/mol. The van der Waals surface area contributed by atoms with Gasteiger partial charge in [0.05, 0.1) is 16.7 Å². The zero-order chi connectivity index (χ0) is 24.2. The summed E-state index contributed by atoms with van der Waals surface area (Å²) >= 11 is 0. The lowest BCUT2D eigenvalue weighted by Gasteiger charge is -2.19. The third-order valence-corrected chi connectivity index (χ3v) is 6.62. The van der Waals surface area contributed by atoms with Crippen molar-refractivity contribution in [2.24, 2.45) is 13.0 Å². The van der Waals surface area contributed by atoms with Crippen molar-refractivity contribution in [3.05, 3.63) is 35.7 Å². The van der Waals surface area contributed by atoms with E-state index in [1.165, 1.54) is 12.8 Å². The summed E-state index contributed by atoms with van der Waals surface area (Å²) in [6.07, 6.45) is 6.10. The molecule has 0 spiro atoms. The number of imidazole rings is 1. The van der Waals surface area contributed by atoms with Crippen LogP contribution in [-0.2, 0) is 23.1 Å². The predicted molar refractivity (Wildman–Crippen MR) is 132 cm³/mol. The molecule has 2 amide bonds. The Bertz CT molecular complexity index is 1170. The lowest BCUT2D eigenvalue weighted by molar-refractivity contribution is -0.119. The van der Waals surface area contributed by atoms with E-state index < -0.39 is 0 Å². The third kappa shape index (κ3) is 5.14. The lowest BCUT2D eigenvalue weighted by atomic mass is 10.0. The number of fused-ring (bicyclic) bond motifs is 1. The van der Waals surface area contributed by atoms with Crippen molar-refractivity contribution in [3.8, 4) is 0 Å². The van der Waals surface area contributed by atoms with Gasteiger partial charge >= 0.3 is 0 Å². The number of carbonyl (C=O) groups is 2. The number of hydrogen-bond donors (Lipinski definition) is 1. The molecule has 0 atom stereocenters. The molecule has 1 saturated carbocycles. The van der Waals surface area contributed by atoms with Gasteiger partial charge in [0.25, 0.3) is 5.91 Å². The van der Waals surface area contributed by atoms with E-state index in [9.17, 15) is 9.59 Å². The predicted octanol–water partition coefficient (Wildman–Crippen LogP) is 3.91. The minimum atomic E-state index is -0.268. The van der Waals surface area contributed by atoms with Crippen molar-refractivity contribution in [3.63, 3.8) is 0 Å². The van der Waals surface area contributed by atoms with Gasteiger partial charge in [-0.25, -0.2) is 4.98 Å². The Kier molecular flexibility index (Phi) is 7.31. The molecule has 1 aliphatic carbocycles. The fraction of sp³-hybridized carbons (Fsp3) is 0.520. The normalized spacial score (nSPS) is 14.1. The van der Waals surface area contributed by atoms with Gasteiger partial charge in [0, 0.05) is 46.5 Å². The summed E-state index contributed by atoms with van der Waals surface area (Å²) < 4.78 is 8.76. The van der Waals surface area contributed by atoms with Gasteiger partial charge in [0.15, 0.2) is 0 Å². The van der Waals surface area contributed by atoms with Gasteiger partial charge < -0.3 is 14.2 Å². The van der Waals surface area contributed by atoms with Gasteiger partial charge in [0.1, 0.15) is 5.69 Å². The number of aryl methyl sites for hydroxylation is 3. The molecule has 3 aromatic rings. The minimum Gasteiger partial charge on any atom is -0.385 e. The van der Waals surface area contributed by atoms with E-state index in [1.807, 2.05) is 36.7 Å². The quantitative estimate of drug-likeness (QED) is 0.483. The summed E-state index contributed by atoms with van der Waals surface area (Å²) in [6, 6.07) is 7.57. The molecule has 0 aliphatic heterocycles. The molecular formula is C25H34N6O3. The van der Waals surface area contributed by atoms with Crippen LogP contribution >= 0.6 is 0 Å². The highest BCUT2D eigenvalue weighted by atomic mass is 16.5. The smallest absolute Gasteiger partial charge is 0.276 e. The first-order valence-corrected chi connectivity index (χ1v) is 11.9. The first kappa shape index (κ1) is 23.9. The van der Waals surface area contributed by atoms with Gasteiger partial charge in [-0.2, -0.15) is 5.10 Å². The van der Waals surface area contributed by atoms with Crippen molar-refractivity contribution < 1.29 is 14.3 Å².